The van der Waals surface area contributed by atoms with E-state index in [1.165, 1.54) is 19.3 Å². The van der Waals surface area contributed by atoms with Gasteiger partial charge in [0, 0.05) is 0 Å². The number of nitrogens with two attached hydrogens (primary N) is 1. The van der Waals surface area contributed by atoms with Crippen LogP contribution in [0.2, 0.25) is 0 Å². The highest BCUT2D eigenvalue weighted by atomic mass is 16.5. The van der Waals surface area contributed by atoms with Crippen LogP contribution in [0.3, 0.4) is 0 Å². The van der Waals surface area contributed by atoms with Crippen molar-refractivity contribution in [3.8, 4) is 11.8 Å². The van der Waals surface area contributed by atoms with E-state index in [1.807, 2.05) is 0 Å². The van der Waals surface area contributed by atoms with Crippen LogP contribution in [0.25, 0.3) is 0 Å². The molecule has 100 valence electrons. The van der Waals surface area contributed by atoms with E-state index in [1.54, 1.807) is 20.4 Å². The summed E-state index contributed by atoms with van der Waals surface area (Å²) < 4.78 is 10.3. The van der Waals surface area contributed by atoms with Crippen molar-refractivity contribution in [1.82, 2.24) is 15.4 Å². The van der Waals surface area contributed by atoms with Crippen molar-refractivity contribution in [2.75, 3.05) is 14.2 Å². The molecule has 1 aromatic heterocycles. The topological polar surface area (TPSA) is 82.3 Å². The predicted molar refractivity (Wildman–Crippen MR) is 67.2 cm³/mol. The Bertz CT molecular complexity index is 396. The molecular weight excluding hydrogens is 232 g/mol. The molecule has 0 amide bonds. The molecule has 1 aliphatic carbocycles. The molecule has 2 rings (SSSR count). The molecular formula is C12H20N4O2. The fourth-order valence-electron chi connectivity index (χ4n) is 2.17. The van der Waals surface area contributed by atoms with E-state index in [4.69, 9.17) is 15.3 Å². The molecule has 1 unspecified atom stereocenters. The molecule has 3 N–H and O–H groups in total. The molecule has 1 aliphatic rings. The second-order valence-corrected chi connectivity index (χ2v) is 4.56. The highest BCUT2D eigenvalue weighted by molar-refractivity contribution is 5.25. The zero-order valence-corrected chi connectivity index (χ0v) is 10.8. The third-order valence-electron chi connectivity index (χ3n) is 3.47. The van der Waals surface area contributed by atoms with Gasteiger partial charge in [-0.2, -0.15) is 4.98 Å². The summed E-state index contributed by atoms with van der Waals surface area (Å²) in [6, 6.07) is -0.0244. The molecule has 6 heteroatoms. The van der Waals surface area contributed by atoms with E-state index < -0.39 is 0 Å². The van der Waals surface area contributed by atoms with Crippen LogP contribution >= 0.6 is 0 Å². The smallest absolute Gasteiger partial charge is 0.240 e. The van der Waals surface area contributed by atoms with Crippen molar-refractivity contribution in [2.24, 2.45) is 11.8 Å². The van der Waals surface area contributed by atoms with Crippen LogP contribution in [0.4, 0.5) is 0 Å². The maximum absolute atomic E-state index is 5.62. The largest absolute Gasteiger partial charge is 0.480 e. The van der Waals surface area contributed by atoms with Gasteiger partial charge in [0.1, 0.15) is 5.69 Å². The molecule has 0 aliphatic heterocycles. The first kappa shape index (κ1) is 13.0. The Morgan fingerprint density at radius 3 is 2.72 bits per heavy atom. The zero-order valence-electron chi connectivity index (χ0n) is 10.8. The quantitative estimate of drug-likeness (QED) is 0.584. The van der Waals surface area contributed by atoms with Crippen molar-refractivity contribution in [2.45, 2.75) is 31.7 Å². The SMILES string of the molecule is COc1cnc(C(CC2CCC2)NN)c(OC)n1. The first-order valence-electron chi connectivity index (χ1n) is 6.19. The average Bonchev–Trinajstić information content (AvgIpc) is 2.37. The number of ether oxygens (including phenoxy) is 2. The van der Waals surface area contributed by atoms with Gasteiger partial charge in [-0.15, -0.1) is 0 Å². The van der Waals surface area contributed by atoms with E-state index >= 15 is 0 Å². The van der Waals surface area contributed by atoms with Crippen molar-refractivity contribution < 1.29 is 9.47 Å². The second kappa shape index (κ2) is 5.97. The minimum absolute atomic E-state index is 0.0244. The maximum Gasteiger partial charge on any atom is 0.240 e. The molecule has 1 atom stereocenters. The first-order valence-corrected chi connectivity index (χ1v) is 6.19. The summed E-state index contributed by atoms with van der Waals surface area (Å²) in [5.74, 6) is 7.25. The number of methoxy groups -OCH3 is 2. The van der Waals surface area contributed by atoms with Crippen molar-refractivity contribution >= 4 is 0 Å². The van der Waals surface area contributed by atoms with Gasteiger partial charge < -0.3 is 9.47 Å². The summed E-state index contributed by atoms with van der Waals surface area (Å²) in [6.45, 7) is 0. The Labute approximate surface area is 107 Å². The fraction of sp³-hybridized carbons (Fsp3) is 0.667. The first-order chi connectivity index (χ1) is 8.78. The number of hydrazine groups is 1. The molecule has 1 aromatic rings. The number of hydrogen-bond donors (Lipinski definition) is 2. The standard InChI is InChI=1S/C12H20N4O2/c1-17-10-7-14-11(12(15-10)18-2)9(16-13)6-8-4-3-5-8/h7-9,16H,3-6,13H2,1-2H3. The minimum Gasteiger partial charge on any atom is -0.480 e. The van der Waals surface area contributed by atoms with Crippen LogP contribution in [-0.2, 0) is 0 Å². The van der Waals surface area contributed by atoms with Crippen LogP contribution in [0, 0.1) is 5.92 Å². The molecule has 0 spiro atoms. The zero-order chi connectivity index (χ0) is 13.0. The van der Waals surface area contributed by atoms with Gasteiger partial charge in [0.25, 0.3) is 0 Å². The van der Waals surface area contributed by atoms with E-state index in [-0.39, 0.29) is 6.04 Å². The summed E-state index contributed by atoms with van der Waals surface area (Å²) in [6.07, 6.45) is 6.40. The lowest BCUT2D eigenvalue weighted by Gasteiger charge is -2.29. The second-order valence-electron chi connectivity index (χ2n) is 4.56. The lowest BCUT2D eigenvalue weighted by atomic mass is 9.80. The molecule has 18 heavy (non-hydrogen) atoms. The number of aromatic nitrogens is 2. The van der Waals surface area contributed by atoms with E-state index in [0.717, 1.165) is 18.0 Å². The summed E-state index contributed by atoms with van der Waals surface area (Å²) in [4.78, 5) is 8.58. The lowest BCUT2D eigenvalue weighted by Crippen LogP contribution is -2.32. The Morgan fingerprint density at radius 2 is 2.22 bits per heavy atom. The molecule has 6 nitrogen and oxygen atoms in total. The highest BCUT2D eigenvalue weighted by Crippen LogP contribution is 2.35. The Morgan fingerprint density at radius 1 is 1.44 bits per heavy atom. The molecule has 0 saturated heterocycles. The fourth-order valence-corrected chi connectivity index (χ4v) is 2.17. The maximum atomic E-state index is 5.62. The van der Waals surface area contributed by atoms with Gasteiger partial charge >= 0.3 is 0 Å². The van der Waals surface area contributed by atoms with Gasteiger partial charge in [-0.1, -0.05) is 19.3 Å². The molecule has 0 aromatic carbocycles. The molecule has 0 bridgehead atoms. The van der Waals surface area contributed by atoms with Crippen molar-refractivity contribution in [3.63, 3.8) is 0 Å². The van der Waals surface area contributed by atoms with Gasteiger partial charge in [-0.25, -0.2) is 4.98 Å². The van der Waals surface area contributed by atoms with Crippen LogP contribution < -0.4 is 20.7 Å². The van der Waals surface area contributed by atoms with Crippen molar-refractivity contribution in [3.05, 3.63) is 11.9 Å². The third-order valence-corrected chi connectivity index (χ3v) is 3.47. The third kappa shape index (κ3) is 2.70. The summed E-state index contributed by atoms with van der Waals surface area (Å²) in [5, 5.41) is 0. The molecule has 1 fully saturated rings. The predicted octanol–water partition coefficient (Wildman–Crippen LogP) is 1.19. The van der Waals surface area contributed by atoms with Crippen LogP contribution in [-0.4, -0.2) is 24.2 Å². The number of hydrogen-bond acceptors (Lipinski definition) is 6. The normalized spacial score (nSPS) is 17.1. The van der Waals surface area contributed by atoms with Gasteiger partial charge in [0.15, 0.2) is 0 Å². The van der Waals surface area contributed by atoms with Crippen LogP contribution in [0.5, 0.6) is 11.8 Å². The Hall–Kier alpha value is -1.40. The van der Waals surface area contributed by atoms with Crippen molar-refractivity contribution in [1.29, 1.82) is 0 Å². The Balaban J connectivity index is 2.17. The number of nitrogens with zero attached hydrogens (tertiary/aromatic N) is 2. The lowest BCUT2D eigenvalue weighted by molar-refractivity contribution is 0.255. The summed E-state index contributed by atoms with van der Waals surface area (Å²) >= 11 is 0. The molecule has 0 radical (unpaired) electrons. The molecule has 1 heterocycles. The highest BCUT2D eigenvalue weighted by Gasteiger charge is 2.26. The number of nitrogens with one attached hydrogen (secondary N) is 1. The van der Waals surface area contributed by atoms with E-state index in [9.17, 15) is 0 Å². The number of rotatable bonds is 6. The van der Waals surface area contributed by atoms with E-state index in [0.29, 0.717) is 11.8 Å². The average molecular weight is 252 g/mol. The monoisotopic (exact) mass is 252 g/mol. The van der Waals surface area contributed by atoms with Gasteiger partial charge in [-0.05, 0) is 12.3 Å². The minimum atomic E-state index is -0.0244. The molecule has 1 saturated carbocycles. The van der Waals surface area contributed by atoms with Crippen LogP contribution in [0.15, 0.2) is 6.20 Å². The van der Waals surface area contributed by atoms with Gasteiger partial charge in [0.2, 0.25) is 11.8 Å². The van der Waals surface area contributed by atoms with Gasteiger partial charge in [0.05, 0.1) is 26.5 Å². The summed E-state index contributed by atoms with van der Waals surface area (Å²) in [7, 11) is 3.13. The Kier molecular flexibility index (Phi) is 4.33. The van der Waals surface area contributed by atoms with Crippen LogP contribution in [0.1, 0.15) is 37.4 Å². The summed E-state index contributed by atoms with van der Waals surface area (Å²) in [5.41, 5.74) is 3.55. The van der Waals surface area contributed by atoms with E-state index in [2.05, 4.69) is 15.4 Å². The van der Waals surface area contributed by atoms with Gasteiger partial charge in [-0.3, -0.25) is 11.3 Å².